The summed E-state index contributed by atoms with van der Waals surface area (Å²) >= 11 is 2.35. The van der Waals surface area contributed by atoms with Gasteiger partial charge in [0.1, 0.15) is 16.3 Å². The van der Waals surface area contributed by atoms with E-state index in [-0.39, 0.29) is 9.96 Å². The SMILES string of the molecule is Cn1cnnc1Sc1cc(NS(=O)(=O)c2cccs2)c2ccccc2c1O. The van der Waals surface area contributed by atoms with Crippen LogP contribution < -0.4 is 4.72 Å². The zero-order valence-electron chi connectivity index (χ0n) is 14.0. The van der Waals surface area contributed by atoms with E-state index in [9.17, 15) is 13.5 Å². The molecule has 10 heteroatoms. The fourth-order valence-corrected chi connectivity index (χ4v) is 5.49. The quantitative estimate of drug-likeness (QED) is 0.480. The van der Waals surface area contributed by atoms with E-state index in [2.05, 4.69) is 14.9 Å². The van der Waals surface area contributed by atoms with Crippen molar-refractivity contribution in [1.82, 2.24) is 14.8 Å². The highest BCUT2D eigenvalue weighted by molar-refractivity contribution is 7.99. The van der Waals surface area contributed by atoms with Gasteiger partial charge in [0.2, 0.25) is 0 Å². The molecular weight excluding hydrogens is 404 g/mol. The van der Waals surface area contributed by atoms with Crippen LogP contribution in [0.4, 0.5) is 5.69 Å². The Morgan fingerprint density at radius 1 is 1.19 bits per heavy atom. The highest BCUT2D eigenvalue weighted by Crippen LogP contribution is 2.42. The predicted molar refractivity (Wildman–Crippen MR) is 106 cm³/mol. The first-order valence-electron chi connectivity index (χ1n) is 7.78. The van der Waals surface area contributed by atoms with Gasteiger partial charge in [-0.15, -0.1) is 21.5 Å². The van der Waals surface area contributed by atoms with E-state index in [1.807, 2.05) is 0 Å². The average molecular weight is 419 g/mol. The predicted octanol–water partition coefficient (Wildman–Crippen LogP) is 3.69. The van der Waals surface area contributed by atoms with Gasteiger partial charge in [0.05, 0.1) is 10.6 Å². The topological polar surface area (TPSA) is 97.1 Å². The van der Waals surface area contributed by atoms with Gasteiger partial charge in [-0.3, -0.25) is 4.72 Å². The maximum atomic E-state index is 12.7. The van der Waals surface area contributed by atoms with Gasteiger partial charge in [-0.25, -0.2) is 8.42 Å². The van der Waals surface area contributed by atoms with Crippen LogP contribution in [0.15, 0.2) is 68.4 Å². The fraction of sp³-hybridized carbons (Fsp3) is 0.0588. The highest BCUT2D eigenvalue weighted by Gasteiger charge is 2.20. The normalized spacial score (nSPS) is 11.7. The number of hydrogen-bond donors (Lipinski definition) is 2. The third-order valence-corrected chi connectivity index (χ3v) is 7.70. The lowest BCUT2D eigenvalue weighted by atomic mass is 10.1. The molecule has 2 aromatic carbocycles. The largest absolute Gasteiger partial charge is 0.506 e. The summed E-state index contributed by atoms with van der Waals surface area (Å²) in [5.41, 5.74) is 0.390. The van der Waals surface area contributed by atoms with Crippen molar-refractivity contribution in [1.29, 1.82) is 0 Å². The second kappa shape index (κ2) is 6.87. The van der Waals surface area contributed by atoms with E-state index < -0.39 is 10.0 Å². The molecule has 0 saturated heterocycles. The van der Waals surface area contributed by atoms with Crippen molar-refractivity contribution in [2.24, 2.45) is 7.05 Å². The molecule has 0 unspecified atom stereocenters. The number of hydrogen-bond acceptors (Lipinski definition) is 7. The third kappa shape index (κ3) is 3.38. The molecular formula is C17H14N4O3S3. The number of aryl methyl sites for hydroxylation is 1. The molecule has 27 heavy (non-hydrogen) atoms. The summed E-state index contributed by atoms with van der Waals surface area (Å²) in [5, 5.41) is 22.0. The van der Waals surface area contributed by atoms with E-state index in [4.69, 9.17) is 0 Å². The Morgan fingerprint density at radius 3 is 2.63 bits per heavy atom. The van der Waals surface area contributed by atoms with Gasteiger partial charge >= 0.3 is 0 Å². The number of nitrogens with zero attached hydrogens (tertiary/aromatic N) is 3. The molecule has 4 aromatic rings. The molecule has 138 valence electrons. The molecule has 2 heterocycles. The number of phenols is 1. The van der Waals surface area contributed by atoms with Crippen LogP contribution in [0.5, 0.6) is 5.75 Å². The van der Waals surface area contributed by atoms with Crippen molar-refractivity contribution < 1.29 is 13.5 Å². The fourth-order valence-electron chi connectivity index (χ4n) is 2.57. The van der Waals surface area contributed by atoms with Crippen molar-refractivity contribution >= 4 is 49.6 Å². The van der Waals surface area contributed by atoms with Crippen LogP contribution in [0.3, 0.4) is 0 Å². The van der Waals surface area contributed by atoms with Gasteiger partial charge in [0, 0.05) is 17.8 Å². The summed E-state index contributed by atoms with van der Waals surface area (Å²) in [4.78, 5) is 0.480. The molecule has 0 spiro atoms. The number of aromatic nitrogens is 3. The van der Waals surface area contributed by atoms with Crippen LogP contribution in [-0.4, -0.2) is 28.3 Å². The van der Waals surface area contributed by atoms with E-state index in [0.717, 1.165) is 11.3 Å². The van der Waals surface area contributed by atoms with Gasteiger partial charge in [0.15, 0.2) is 5.16 Å². The second-order valence-corrected chi connectivity index (χ2v) is 9.55. The van der Waals surface area contributed by atoms with Gasteiger partial charge in [-0.2, -0.15) is 0 Å². The minimum atomic E-state index is -3.72. The number of anilines is 1. The van der Waals surface area contributed by atoms with Crippen LogP contribution >= 0.6 is 23.1 Å². The Hall–Kier alpha value is -2.56. The number of rotatable bonds is 5. The van der Waals surface area contributed by atoms with Crippen LogP contribution in [0.1, 0.15) is 0 Å². The van der Waals surface area contributed by atoms with E-state index in [1.165, 1.54) is 11.8 Å². The van der Waals surface area contributed by atoms with Crippen LogP contribution in [0.2, 0.25) is 0 Å². The second-order valence-electron chi connectivity index (χ2n) is 5.68. The van der Waals surface area contributed by atoms with E-state index in [0.29, 0.717) is 26.5 Å². The smallest absolute Gasteiger partial charge is 0.271 e. The molecule has 0 atom stereocenters. The number of benzene rings is 2. The monoisotopic (exact) mass is 418 g/mol. The molecule has 0 fully saturated rings. The Labute approximate surface area is 163 Å². The summed E-state index contributed by atoms with van der Waals surface area (Å²) in [6, 6.07) is 11.9. The minimum Gasteiger partial charge on any atom is -0.506 e. The molecule has 0 radical (unpaired) electrons. The van der Waals surface area contributed by atoms with Crippen molar-refractivity contribution in [3.8, 4) is 5.75 Å². The summed E-state index contributed by atoms with van der Waals surface area (Å²) in [7, 11) is -1.92. The lowest BCUT2D eigenvalue weighted by Gasteiger charge is -2.14. The summed E-state index contributed by atoms with van der Waals surface area (Å²) in [5.74, 6) is 0.0673. The highest BCUT2D eigenvalue weighted by atomic mass is 32.2. The van der Waals surface area contributed by atoms with Crippen LogP contribution in [0, 0.1) is 0 Å². The molecule has 2 N–H and O–H groups in total. The molecule has 7 nitrogen and oxygen atoms in total. The van der Waals surface area contributed by atoms with Gasteiger partial charge in [-0.1, -0.05) is 30.3 Å². The Balaban J connectivity index is 1.84. The summed E-state index contributed by atoms with van der Waals surface area (Å²) < 4.78 is 29.9. The number of aromatic hydroxyl groups is 1. The summed E-state index contributed by atoms with van der Waals surface area (Å²) in [6.07, 6.45) is 1.56. The van der Waals surface area contributed by atoms with Crippen molar-refractivity contribution in [3.63, 3.8) is 0 Å². The molecule has 4 rings (SSSR count). The van der Waals surface area contributed by atoms with Crippen molar-refractivity contribution in [2.75, 3.05) is 4.72 Å². The Bertz CT molecular complexity index is 1220. The molecule has 2 aromatic heterocycles. The Morgan fingerprint density at radius 2 is 1.96 bits per heavy atom. The van der Waals surface area contributed by atoms with Gasteiger partial charge < -0.3 is 9.67 Å². The first-order valence-corrected chi connectivity index (χ1v) is 11.0. The molecule has 0 aliphatic rings. The first kappa shape index (κ1) is 17.8. The van der Waals surface area contributed by atoms with Gasteiger partial charge in [0.25, 0.3) is 10.0 Å². The lowest BCUT2D eigenvalue weighted by molar-refractivity contribution is 0.469. The maximum Gasteiger partial charge on any atom is 0.271 e. The molecule has 0 bridgehead atoms. The number of fused-ring (bicyclic) bond motifs is 1. The zero-order valence-corrected chi connectivity index (χ0v) is 16.5. The molecule has 0 aliphatic heterocycles. The molecule has 0 aliphatic carbocycles. The number of nitrogens with one attached hydrogen (secondary N) is 1. The maximum absolute atomic E-state index is 12.7. The van der Waals surface area contributed by atoms with Gasteiger partial charge in [-0.05, 0) is 29.3 Å². The molecule has 0 saturated carbocycles. The zero-order chi connectivity index (χ0) is 19.0. The average Bonchev–Trinajstić information content (AvgIpc) is 3.32. The number of thiophene rings is 1. The van der Waals surface area contributed by atoms with Crippen molar-refractivity contribution in [2.45, 2.75) is 14.3 Å². The van der Waals surface area contributed by atoms with Crippen LogP contribution in [0.25, 0.3) is 10.8 Å². The number of phenolic OH excluding ortho intramolecular Hbond substituents is 1. The van der Waals surface area contributed by atoms with Crippen LogP contribution in [-0.2, 0) is 17.1 Å². The lowest BCUT2D eigenvalue weighted by Crippen LogP contribution is -2.11. The van der Waals surface area contributed by atoms with Crippen molar-refractivity contribution in [3.05, 3.63) is 54.2 Å². The minimum absolute atomic E-state index is 0.0673. The van der Waals surface area contributed by atoms with E-state index in [1.54, 1.807) is 65.8 Å². The third-order valence-electron chi connectivity index (χ3n) is 3.86. The Kier molecular flexibility index (Phi) is 4.54. The standard InChI is InChI=1S/C17H14N4O3S3/c1-21-10-18-19-17(21)26-14-9-13(11-5-2-3-6-12(11)16(14)22)20-27(23,24)15-7-4-8-25-15/h2-10,20,22H,1H3. The molecule has 0 amide bonds. The number of sulfonamides is 1. The summed E-state index contributed by atoms with van der Waals surface area (Å²) in [6.45, 7) is 0. The first-order chi connectivity index (χ1) is 13.0. The van der Waals surface area contributed by atoms with E-state index >= 15 is 0 Å².